The van der Waals surface area contributed by atoms with Gasteiger partial charge in [0.2, 0.25) is 0 Å². The van der Waals surface area contributed by atoms with Crippen LogP contribution < -0.4 is 0 Å². The molecule has 0 unspecified atom stereocenters. The van der Waals surface area contributed by atoms with Crippen LogP contribution in [-0.2, 0) is 32.0 Å². The van der Waals surface area contributed by atoms with Gasteiger partial charge < -0.3 is 15.0 Å². The van der Waals surface area contributed by atoms with Crippen molar-refractivity contribution < 1.29 is 42.2 Å². The summed E-state index contributed by atoms with van der Waals surface area (Å²) in [6, 6.07) is 0. The van der Waals surface area contributed by atoms with Gasteiger partial charge in [-0.05, 0) is 0 Å². The van der Waals surface area contributed by atoms with Gasteiger partial charge in [0.25, 0.3) is 5.97 Å². The molecule has 0 aliphatic rings. The Hall–Kier alpha value is -0.320. The van der Waals surface area contributed by atoms with E-state index in [-0.39, 0.29) is 22.4 Å². The fourth-order valence-corrected chi connectivity index (χ4v) is 0. The van der Waals surface area contributed by atoms with E-state index < -0.39 is 5.97 Å². The molecule has 0 aliphatic carbocycles. The fraction of sp³-hybridized carbons (Fsp3) is 0.333. The third kappa shape index (κ3) is 1220. The van der Waals surface area contributed by atoms with Crippen molar-refractivity contribution in [2.75, 3.05) is 0 Å². The van der Waals surface area contributed by atoms with Gasteiger partial charge in [0.1, 0.15) is 0 Å². The number of hydrogen-bond donors (Lipinski definition) is 2. The molecule has 0 aliphatic heterocycles. The molecular weight excluding hydrogens is 208 g/mol. The quantitative estimate of drug-likeness (QED) is 0.427. The summed E-state index contributed by atoms with van der Waals surface area (Å²) in [5, 5.41) is 14.2. The second kappa shape index (κ2) is 15.9. The van der Waals surface area contributed by atoms with Crippen LogP contribution in [0.5, 0.6) is 0 Å². The van der Waals surface area contributed by atoms with Gasteiger partial charge in [-0.15, -0.1) is 0 Å². The van der Waals surface area contributed by atoms with Crippen LogP contribution in [0.4, 0.5) is 0 Å². The van der Waals surface area contributed by atoms with Crippen molar-refractivity contribution in [2.45, 2.75) is 6.92 Å². The topological polar surface area (TPSA) is 74.6 Å². The zero-order chi connectivity index (χ0) is 6.28. The van der Waals surface area contributed by atoms with E-state index in [2.05, 4.69) is 0 Å². The Morgan fingerprint density at radius 2 is 1.62 bits per heavy atom. The summed E-state index contributed by atoms with van der Waals surface area (Å²) in [4.78, 5) is 17.2. The van der Waals surface area contributed by atoms with Crippen molar-refractivity contribution in [3.63, 3.8) is 0 Å². The van der Waals surface area contributed by atoms with Crippen LogP contribution in [0.25, 0.3) is 0 Å². The maximum Gasteiger partial charge on any atom is 1.00 e. The summed E-state index contributed by atoms with van der Waals surface area (Å²) >= 11 is 0. The maximum absolute atomic E-state index is 9.00. The first-order valence-electron chi connectivity index (χ1n) is 1.36. The standard InChI is InChI=1S/C2H4O2.CHO2.Ag/c1-2(3)4;2-1-3;/h1H3,(H,3,4);(H,2,3);/q;-1;+1. The molecule has 52 valence electrons. The molecule has 0 aromatic carbocycles. The van der Waals surface area contributed by atoms with Crippen LogP contribution >= 0.6 is 0 Å². The average molecular weight is 213 g/mol. The second-order valence-corrected chi connectivity index (χ2v) is 0.610. The number of rotatable bonds is 0. The van der Waals surface area contributed by atoms with E-state index >= 15 is 0 Å². The Labute approximate surface area is 62.0 Å². The molecule has 0 heterocycles. The first-order valence-corrected chi connectivity index (χ1v) is 1.36. The van der Waals surface area contributed by atoms with Crippen LogP contribution in [0.2, 0.25) is 0 Å². The first-order chi connectivity index (χ1) is 3.15. The van der Waals surface area contributed by atoms with E-state index in [0.29, 0.717) is 6.47 Å². The Kier molecular flexibility index (Phi) is 31.1. The van der Waals surface area contributed by atoms with Gasteiger partial charge in [0.05, 0.1) is 0 Å². The second-order valence-electron chi connectivity index (χ2n) is 0.610. The molecule has 0 atom stereocenters. The average Bonchev–Trinajstić information content (AvgIpc) is 1.33. The van der Waals surface area contributed by atoms with Gasteiger partial charge in [-0.1, -0.05) is 6.47 Å². The van der Waals surface area contributed by atoms with Gasteiger partial charge in [0.15, 0.2) is 0 Å². The minimum atomic E-state index is -0.833. The summed E-state index contributed by atoms with van der Waals surface area (Å²) in [5.41, 5.74) is 0. The molecule has 4 nitrogen and oxygen atoms in total. The normalized spacial score (nSPS) is 4.62. The molecule has 0 spiro atoms. The SMILES string of the molecule is CC(=O)O.O=[C-]O.[Ag+]. The molecule has 0 saturated carbocycles. The van der Waals surface area contributed by atoms with E-state index in [1.54, 1.807) is 0 Å². The Morgan fingerprint density at radius 3 is 1.62 bits per heavy atom. The number of carboxylic acids is 1. The van der Waals surface area contributed by atoms with Gasteiger partial charge in [-0.3, -0.25) is 4.79 Å². The Bertz CT molecular complexity index is 58.3. The maximum atomic E-state index is 9.00. The summed E-state index contributed by atoms with van der Waals surface area (Å²) < 4.78 is 0. The van der Waals surface area contributed by atoms with Crippen molar-refractivity contribution in [1.29, 1.82) is 0 Å². The molecule has 2 N–H and O–H groups in total. The zero-order valence-corrected chi connectivity index (χ0v) is 5.49. The van der Waals surface area contributed by atoms with E-state index in [9.17, 15) is 0 Å². The van der Waals surface area contributed by atoms with Crippen LogP contribution in [0.3, 0.4) is 0 Å². The van der Waals surface area contributed by atoms with Gasteiger partial charge in [-0.2, -0.15) is 0 Å². The number of carboxylic acid groups (broad SMARTS) is 1. The van der Waals surface area contributed by atoms with Crippen LogP contribution in [-0.4, -0.2) is 22.7 Å². The fourth-order valence-electron chi connectivity index (χ4n) is 0. The summed E-state index contributed by atoms with van der Waals surface area (Å²) in [6.07, 6.45) is 0. The largest absolute Gasteiger partial charge is 1.00 e. The minimum absolute atomic E-state index is 0. The predicted octanol–water partition coefficient (Wildman–Crippen LogP) is -0.300. The van der Waals surface area contributed by atoms with E-state index in [1.165, 1.54) is 0 Å². The zero-order valence-electron chi connectivity index (χ0n) is 4.01. The van der Waals surface area contributed by atoms with Gasteiger partial charge in [0, 0.05) is 6.92 Å². The van der Waals surface area contributed by atoms with Crippen molar-refractivity contribution in [1.82, 2.24) is 0 Å². The summed E-state index contributed by atoms with van der Waals surface area (Å²) in [5.74, 6) is -0.833. The molecule has 8 heavy (non-hydrogen) atoms. The molecule has 0 fully saturated rings. The van der Waals surface area contributed by atoms with E-state index in [1.807, 2.05) is 0 Å². The monoisotopic (exact) mass is 212 g/mol. The predicted molar refractivity (Wildman–Crippen MR) is 21.6 cm³/mol. The summed E-state index contributed by atoms with van der Waals surface area (Å²) in [6.45, 7) is 1.58. The Morgan fingerprint density at radius 1 is 1.62 bits per heavy atom. The third-order valence-electron chi connectivity index (χ3n) is 0. The molecule has 0 aromatic heterocycles. The van der Waals surface area contributed by atoms with Crippen molar-refractivity contribution in [2.24, 2.45) is 0 Å². The summed E-state index contributed by atoms with van der Waals surface area (Å²) in [7, 11) is 0. The number of hydrogen-bond acceptors (Lipinski definition) is 2. The van der Waals surface area contributed by atoms with Crippen molar-refractivity contribution >= 4 is 12.4 Å². The van der Waals surface area contributed by atoms with Gasteiger partial charge in [-0.25, -0.2) is 0 Å². The minimum Gasteiger partial charge on any atom is -0.665 e. The molecule has 0 rings (SSSR count). The molecule has 0 amide bonds. The molecule has 0 radical (unpaired) electrons. The van der Waals surface area contributed by atoms with Gasteiger partial charge >= 0.3 is 22.4 Å². The van der Waals surface area contributed by atoms with E-state index in [4.69, 9.17) is 19.8 Å². The van der Waals surface area contributed by atoms with Crippen LogP contribution in [0.15, 0.2) is 0 Å². The van der Waals surface area contributed by atoms with Crippen LogP contribution in [0, 0.1) is 0 Å². The van der Waals surface area contributed by atoms with E-state index in [0.717, 1.165) is 6.92 Å². The molecule has 0 aromatic rings. The first kappa shape index (κ1) is 15.6. The number of carbonyl (C=O) groups is 1. The van der Waals surface area contributed by atoms with Crippen molar-refractivity contribution in [3.8, 4) is 0 Å². The molecule has 0 bridgehead atoms. The smallest absolute Gasteiger partial charge is 0.665 e. The Balaban J connectivity index is -0.0000000575. The molecule has 5 heteroatoms. The third-order valence-corrected chi connectivity index (χ3v) is 0. The number of aliphatic hydroxyl groups excluding tert-OH is 1. The molecular formula is C3H5AgO4. The number of aliphatic carboxylic acids is 1. The molecule has 0 saturated heterocycles. The van der Waals surface area contributed by atoms with Crippen LogP contribution in [0.1, 0.15) is 6.92 Å². The van der Waals surface area contributed by atoms with Crippen molar-refractivity contribution in [3.05, 3.63) is 0 Å².